The molecule has 1 aliphatic heterocycles. The molecule has 118 valence electrons. The van der Waals surface area contributed by atoms with Gasteiger partial charge in [0.15, 0.2) is 0 Å². The van der Waals surface area contributed by atoms with E-state index in [4.69, 9.17) is 9.47 Å². The molecule has 0 bridgehead atoms. The molecular formula is C17H22N2O2S. The molecule has 1 N–H and O–H groups in total. The standard InChI is InChI=1S/C17H22N2O2S/c1-2-6-16(7-3-1)21-12-17-19-15(13-22-17)10-18-9-14-5-4-8-20-11-14/h1-3,6-7,13-14,18H,4-5,8-12H2. The summed E-state index contributed by atoms with van der Waals surface area (Å²) in [4.78, 5) is 4.61. The van der Waals surface area contributed by atoms with Gasteiger partial charge in [0.1, 0.15) is 17.4 Å². The molecule has 0 amide bonds. The van der Waals surface area contributed by atoms with E-state index in [1.807, 2.05) is 30.3 Å². The van der Waals surface area contributed by atoms with Crippen LogP contribution >= 0.6 is 11.3 Å². The van der Waals surface area contributed by atoms with E-state index in [1.165, 1.54) is 12.8 Å². The van der Waals surface area contributed by atoms with E-state index < -0.39 is 0 Å². The number of nitrogens with zero attached hydrogens (tertiary/aromatic N) is 1. The minimum atomic E-state index is 0.533. The average Bonchev–Trinajstić information content (AvgIpc) is 3.03. The summed E-state index contributed by atoms with van der Waals surface area (Å²) in [5, 5.41) is 6.60. The van der Waals surface area contributed by atoms with Crippen molar-refractivity contribution in [3.05, 3.63) is 46.4 Å². The van der Waals surface area contributed by atoms with Gasteiger partial charge in [-0.25, -0.2) is 4.98 Å². The summed E-state index contributed by atoms with van der Waals surface area (Å²) in [6.45, 7) is 4.17. The van der Waals surface area contributed by atoms with Gasteiger partial charge >= 0.3 is 0 Å². The third-order valence-electron chi connectivity index (χ3n) is 3.70. The Morgan fingerprint density at radius 1 is 1.32 bits per heavy atom. The van der Waals surface area contributed by atoms with Gasteiger partial charge in [-0.2, -0.15) is 0 Å². The molecule has 22 heavy (non-hydrogen) atoms. The Bertz CT molecular complexity index is 553. The summed E-state index contributed by atoms with van der Waals surface area (Å²) in [6.07, 6.45) is 2.45. The zero-order chi connectivity index (χ0) is 15.0. The van der Waals surface area contributed by atoms with Crippen LogP contribution in [-0.2, 0) is 17.9 Å². The number of hydrogen-bond donors (Lipinski definition) is 1. The van der Waals surface area contributed by atoms with Gasteiger partial charge in [-0.05, 0) is 30.9 Å². The highest BCUT2D eigenvalue weighted by Crippen LogP contribution is 2.15. The molecule has 1 fully saturated rings. The fourth-order valence-electron chi connectivity index (χ4n) is 2.53. The molecule has 1 unspecified atom stereocenters. The molecule has 1 aromatic carbocycles. The van der Waals surface area contributed by atoms with E-state index in [-0.39, 0.29) is 0 Å². The molecule has 0 radical (unpaired) electrons. The lowest BCUT2D eigenvalue weighted by atomic mass is 10.0. The van der Waals surface area contributed by atoms with E-state index in [1.54, 1.807) is 11.3 Å². The first kappa shape index (κ1) is 15.5. The molecule has 2 aromatic rings. The van der Waals surface area contributed by atoms with Crippen molar-refractivity contribution in [3.8, 4) is 5.75 Å². The van der Waals surface area contributed by atoms with E-state index >= 15 is 0 Å². The summed E-state index contributed by atoms with van der Waals surface area (Å²) in [6, 6.07) is 9.85. The molecule has 2 heterocycles. The second-order valence-corrected chi connectivity index (χ2v) is 6.49. The maximum absolute atomic E-state index is 5.72. The van der Waals surface area contributed by atoms with E-state index in [2.05, 4.69) is 15.7 Å². The Morgan fingerprint density at radius 3 is 3.05 bits per heavy atom. The number of thiazole rings is 1. The molecule has 0 aliphatic carbocycles. The zero-order valence-corrected chi connectivity index (χ0v) is 13.5. The Balaban J connectivity index is 1.39. The van der Waals surface area contributed by atoms with E-state index in [0.717, 1.165) is 42.8 Å². The minimum absolute atomic E-state index is 0.533. The van der Waals surface area contributed by atoms with Gasteiger partial charge in [-0.15, -0.1) is 11.3 Å². The number of aromatic nitrogens is 1. The van der Waals surface area contributed by atoms with Crippen LogP contribution in [0.5, 0.6) is 5.75 Å². The topological polar surface area (TPSA) is 43.4 Å². The highest BCUT2D eigenvalue weighted by molar-refractivity contribution is 7.09. The Hall–Kier alpha value is -1.43. The highest BCUT2D eigenvalue weighted by Gasteiger charge is 2.13. The van der Waals surface area contributed by atoms with Gasteiger partial charge < -0.3 is 14.8 Å². The smallest absolute Gasteiger partial charge is 0.140 e. The van der Waals surface area contributed by atoms with Crippen molar-refractivity contribution in [1.29, 1.82) is 0 Å². The molecule has 0 saturated carbocycles. The first-order chi connectivity index (χ1) is 10.9. The minimum Gasteiger partial charge on any atom is -0.486 e. The van der Waals surface area contributed by atoms with Crippen LogP contribution in [0.25, 0.3) is 0 Å². The summed E-state index contributed by atoms with van der Waals surface area (Å²) in [5.41, 5.74) is 1.09. The van der Waals surface area contributed by atoms with Crippen LogP contribution in [0.2, 0.25) is 0 Å². The van der Waals surface area contributed by atoms with E-state index in [9.17, 15) is 0 Å². The summed E-state index contributed by atoms with van der Waals surface area (Å²) in [7, 11) is 0. The molecule has 1 saturated heterocycles. The molecule has 1 aliphatic rings. The Morgan fingerprint density at radius 2 is 2.23 bits per heavy atom. The number of benzene rings is 1. The van der Waals surface area contributed by atoms with Gasteiger partial charge in [0, 0.05) is 25.1 Å². The molecule has 0 spiro atoms. The number of ether oxygens (including phenoxy) is 2. The quantitative estimate of drug-likeness (QED) is 0.851. The van der Waals surface area contributed by atoms with Crippen molar-refractivity contribution >= 4 is 11.3 Å². The van der Waals surface area contributed by atoms with Crippen molar-refractivity contribution in [1.82, 2.24) is 10.3 Å². The summed E-state index contributed by atoms with van der Waals surface area (Å²) < 4.78 is 11.2. The molecule has 3 rings (SSSR count). The first-order valence-corrected chi connectivity index (χ1v) is 8.68. The lowest BCUT2D eigenvalue weighted by molar-refractivity contribution is 0.0547. The van der Waals surface area contributed by atoms with Gasteiger partial charge in [0.2, 0.25) is 0 Å². The third-order valence-corrected chi connectivity index (χ3v) is 4.57. The first-order valence-electron chi connectivity index (χ1n) is 7.80. The lowest BCUT2D eigenvalue weighted by Gasteiger charge is -2.22. The maximum atomic E-state index is 5.72. The van der Waals surface area contributed by atoms with E-state index in [0.29, 0.717) is 12.5 Å². The van der Waals surface area contributed by atoms with Crippen LogP contribution in [-0.4, -0.2) is 24.7 Å². The summed E-state index contributed by atoms with van der Waals surface area (Å²) in [5.74, 6) is 1.53. The van der Waals surface area contributed by atoms with Crippen molar-refractivity contribution in [2.24, 2.45) is 5.92 Å². The van der Waals surface area contributed by atoms with Crippen molar-refractivity contribution in [3.63, 3.8) is 0 Å². The van der Waals surface area contributed by atoms with Crippen LogP contribution < -0.4 is 10.1 Å². The normalized spacial score (nSPS) is 18.3. The second kappa shape index (κ2) is 8.27. The van der Waals surface area contributed by atoms with Crippen molar-refractivity contribution in [2.45, 2.75) is 26.0 Å². The fraction of sp³-hybridized carbons (Fsp3) is 0.471. The number of hydrogen-bond acceptors (Lipinski definition) is 5. The monoisotopic (exact) mass is 318 g/mol. The predicted octanol–water partition coefficient (Wildman–Crippen LogP) is 3.24. The number of nitrogens with one attached hydrogen (secondary N) is 1. The van der Waals surface area contributed by atoms with Crippen LogP contribution in [0, 0.1) is 5.92 Å². The van der Waals surface area contributed by atoms with Crippen LogP contribution in [0.15, 0.2) is 35.7 Å². The maximum Gasteiger partial charge on any atom is 0.140 e. The molecule has 4 nitrogen and oxygen atoms in total. The molecule has 1 aromatic heterocycles. The Labute approximate surface area is 135 Å². The van der Waals surface area contributed by atoms with Crippen LogP contribution in [0.3, 0.4) is 0 Å². The predicted molar refractivity (Wildman–Crippen MR) is 88.1 cm³/mol. The SMILES string of the molecule is c1ccc(OCc2nc(CNCC3CCCOC3)cs2)cc1. The van der Waals surface area contributed by atoms with Crippen LogP contribution in [0.1, 0.15) is 23.5 Å². The van der Waals surface area contributed by atoms with Crippen molar-refractivity contribution in [2.75, 3.05) is 19.8 Å². The fourth-order valence-corrected chi connectivity index (χ4v) is 3.24. The van der Waals surface area contributed by atoms with Crippen LogP contribution in [0.4, 0.5) is 0 Å². The molecule has 5 heteroatoms. The number of rotatable bonds is 7. The van der Waals surface area contributed by atoms with Gasteiger partial charge in [0.25, 0.3) is 0 Å². The Kier molecular flexibility index (Phi) is 5.81. The van der Waals surface area contributed by atoms with Gasteiger partial charge in [0.05, 0.1) is 12.3 Å². The third kappa shape index (κ3) is 4.80. The lowest BCUT2D eigenvalue weighted by Crippen LogP contribution is -2.28. The van der Waals surface area contributed by atoms with Gasteiger partial charge in [-0.3, -0.25) is 0 Å². The zero-order valence-electron chi connectivity index (χ0n) is 12.7. The average molecular weight is 318 g/mol. The largest absolute Gasteiger partial charge is 0.486 e. The van der Waals surface area contributed by atoms with Crippen molar-refractivity contribution < 1.29 is 9.47 Å². The second-order valence-electron chi connectivity index (χ2n) is 5.55. The number of para-hydroxylation sites is 1. The summed E-state index contributed by atoms with van der Waals surface area (Å²) >= 11 is 1.65. The highest BCUT2D eigenvalue weighted by atomic mass is 32.1. The molecular weight excluding hydrogens is 296 g/mol. The molecule has 1 atom stereocenters. The van der Waals surface area contributed by atoms with Gasteiger partial charge in [-0.1, -0.05) is 18.2 Å².